The van der Waals surface area contributed by atoms with E-state index >= 15 is 0 Å². The van der Waals surface area contributed by atoms with Crippen molar-refractivity contribution >= 4 is 33.2 Å². The number of amides is 1. The zero-order valence-electron chi connectivity index (χ0n) is 11.7. The molecule has 1 amide bonds. The quantitative estimate of drug-likeness (QED) is 0.829. The van der Waals surface area contributed by atoms with Crippen LogP contribution in [-0.2, 0) is 17.8 Å². The van der Waals surface area contributed by atoms with Gasteiger partial charge in [0.15, 0.2) is 0 Å². The maximum atomic E-state index is 12.6. The fourth-order valence-electron chi connectivity index (χ4n) is 2.58. The molecule has 0 spiro atoms. The van der Waals surface area contributed by atoms with E-state index < -0.39 is 0 Å². The first-order chi connectivity index (χ1) is 10.1. The zero-order chi connectivity index (χ0) is 14.8. The molecule has 1 atom stereocenters. The molecule has 0 aliphatic carbocycles. The van der Waals surface area contributed by atoms with Crippen LogP contribution < -0.4 is 4.74 Å². The fraction of sp³-hybridized carbons (Fsp3) is 0.312. The van der Waals surface area contributed by atoms with Crippen LogP contribution in [0.25, 0.3) is 0 Å². The number of para-hydroxylation sites is 1. The Morgan fingerprint density at radius 1 is 1.48 bits per heavy atom. The van der Waals surface area contributed by atoms with E-state index in [2.05, 4.69) is 27.4 Å². The SMILES string of the molecule is CN(Cc1csc(Br)c1)C(=O)C1COc2ccccc2C1. The summed E-state index contributed by atoms with van der Waals surface area (Å²) >= 11 is 5.09. The third-order valence-electron chi connectivity index (χ3n) is 3.65. The minimum absolute atomic E-state index is 0.0908. The van der Waals surface area contributed by atoms with Gasteiger partial charge in [0, 0.05) is 13.6 Å². The lowest BCUT2D eigenvalue weighted by atomic mass is 9.95. The monoisotopic (exact) mass is 365 g/mol. The van der Waals surface area contributed by atoms with E-state index in [0.717, 1.165) is 27.1 Å². The number of ether oxygens (including phenoxy) is 1. The van der Waals surface area contributed by atoms with Gasteiger partial charge in [0.05, 0.1) is 9.70 Å². The van der Waals surface area contributed by atoms with Gasteiger partial charge in [-0.2, -0.15) is 0 Å². The Morgan fingerprint density at radius 2 is 2.29 bits per heavy atom. The summed E-state index contributed by atoms with van der Waals surface area (Å²) in [5.74, 6) is 0.963. The predicted molar refractivity (Wildman–Crippen MR) is 87.6 cm³/mol. The molecular formula is C16H16BrNO2S. The number of thiophene rings is 1. The molecule has 0 radical (unpaired) electrons. The van der Waals surface area contributed by atoms with E-state index in [1.54, 1.807) is 16.2 Å². The Hall–Kier alpha value is -1.33. The minimum Gasteiger partial charge on any atom is -0.492 e. The highest BCUT2D eigenvalue weighted by Crippen LogP contribution is 2.28. The average Bonchev–Trinajstić information content (AvgIpc) is 2.91. The maximum Gasteiger partial charge on any atom is 0.229 e. The Morgan fingerprint density at radius 3 is 3.05 bits per heavy atom. The molecule has 110 valence electrons. The Kier molecular flexibility index (Phi) is 4.31. The van der Waals surface area contributed by atoms with Crippen molar-refractivity contribution in [3.63, 3.8) is 0 Å². The number of hydrogen-bond donors (Lipinski definition) is 0. The standard InChI is InChI=1S/C16H16BrNO2S/c1-18(8-11-6-15(17)21-10-11)16(19)13-7-12-4-2-3-5-14(12)20-9-13/h2-6,10,13H,7-9H2,1H3. The van der Waals surface area contributed by atoms with Crippen molar-refractivity contribution in [2.24, 2.45) is 5.92 Å². The molecule has 0 saturated heterocycles. The molecule has 0 saturated carbocycles. The van der Waals surface area contributed by atoms with E-state index in [1.165, 1.54) is 0 Å². The molecular weight excluding hydrogens is 350 g/mol. The molecule has 2 aromatic rings. The van der Waals surface area contributed by atoms with Crippen LogP contribution >= 0.6 is 27.3 Å². The number of benzene rings is 1. The first kappa shape index (κ1) is 14.6. The van der Waals surface area contributed by atoms with Crippen molar-refractivity contribution in [2.45, 2.75) is 13.0 Å². The molecule has 1 aromatic carbocycles. The van der Waals surface area contributed by atoms with Gasteiger partial charge in [-0.05, 0) is 51.0 Å². The molecule has 1 aromatic heterocycles. The van der Waals surface area contributed by atoms with Crippen LogP contribution in [0.1, 0.15) is 11.1 Å². The average molecular weight is 366 g/mol. The first-order valence-electron chi connectivity index (χ1n) is 6.82. The highest BCUT2D eigenvalue weighted by Gasteiger charge is 2.28. The third-order valence-corrected chi connectivity index (χ3v) is 5.20. The molecule has 1 unspecified atom stereocenters. The van der Waals surface area contributed by atoms with Crippen molar-refractivity contribution < 1.29 is 9.53 Å². The summed E-state index contributed by atoms with van der Waals surface area (Å²) in [5.41, 5.74) is 2.27. The van der Waals surface area contributed by atoms with E-state index in [-0.39, 0.29) is 11.8 Å². The van der Waals surface area contributed by atoms with Crippen LogP contribution in [-0.4, -0.2) is 24.5 Å². The van der Waals surface area contributed by atoms with E-state index in [9.17, 15) is 4.79 Å². The lowest BCUT2D eigenvalue weighted by molar-refractivity contribution is -0.136. The minimum atomic E-state index is -0.0908. The molecule has 3 nitrogen and oxygen atoms in total. The van der Waals surface area contributed by atoms with Gasteiger partial charge in [-0.3, -0.25) is 4.79 Å². The Balaban J connectivity index is 1.66. The van der Waals surface area contributed by atoms with Gasteiger partial charge in [0.25, 0.3) is 0 Å². The second-order valence-corrected chi connectivity index (χ2v) is 7.56. The summed E-state index contributed by atoms with van der Waals surface area (Å²) in [6, 6.07) is 10.00. The molecule has 3 rings (SSSR count). The lowest BCUT2D eigenvalue weighted by Gasteiger charge is -2.28. The summed E-state index contributed by atoms with van der Waals surface area (Å²) in [5, 5.41) is 2.07. The zero-order valence-corrected chi connectivity index (χ0v) is 14.1. The van der Waals surface area contributed by atoms with E-state index in [0.29, 0.717) is 13.2 Å². The van der Waals surface area contributed by atoms with E-state index in [4.69, 9.17) is 4.74 Å². The third kappa shape index (κ3) is 3.30. The van der Waals surface area contributed by atoms with Crippen LogP contribution in [0, 0.1) is 5.92 Å². The summed E-state index contributed by atoms with van der Waals surface area (Å²) in [4.78, 5) is 14.3. The summed E-state index contributed by atoms with van der Waals surface area (Å²) < 4.78 is 6.80. The molecule has 2 heterocycles. The van der Waals surface area contributed by atoms with Gasteiger partial charge in [-0.15, -0.1) is 11.3 Å². The normalized spacial score (nSPS) is 17.0. The molecule has 1 aliphatic heterocycles. The van der Waals surface area contributed by atoms with Gasteiger partial charge in [-0.25, -0.2) is 0 Å². The van der Waals surface area contributed by atoms with Crippen molar-refractivity contribution in [1.29, 1.82) is 0 Å². The second-order valence-electron chi connectivity index (χ2n) is 5.27. The number of carbonyl (C=O) groups is 1. The smallest absolute Gasteiger partial charge is 0.229 e. The highest BCUT2D eigenvalue weighted by atomic mass is 79.9. The van der Waals surface area contributed by atoms with Crippen molar-refractivity contribution in [1.82, 2.24) is 4.90 Å². The van der Waals surface area contributed by atoms with Gasteiger partial charge in [0.2, 0.25) is 5.91 Å². The molecule has 5 heteroatoms. The van der Waals surface area contributed by atoms with Gasteiger partial charge >= 0.3 is 0 Å². The van der Waals surface area contributed by atoms with Crippen molar-refractivity contribution in [2.75, 3.05) is 13.7 Å². The second kappa shape index (κ2) is 6.20. The predicted octanol–water partition coefficient (Wildman–Crippen LogP) is 3.72. The highest BCUT2D eigenvalue weighted by molar-refractivity contribution is 9.11. The number of nitrogens with zero attached hydrogens (tertiary/aromatic N) is 1. The summed E-state index contributed by atoms with van der Waals surface area (Å²) in [6.45, 7) is 1.10. The van der Waals surface area contributed by atoms with Crippen LogP contribution in [0.15, 0.2) is 39.5 Å². The maximum absolute atomic E-state index is 12.6. The molecule has 0 bridgehead atoms. The van der Waals surface area contributed by atoms with Crippen molar-refractivity contribution in [3.05, 3.63) is 50.6 Å². The number of rotatable bonds is 3. The molecule has 21 heavy (non-hydrogen) atoms. The van der Waals surface area contributed by atoms with Crippen molar-refractivity contribution in [3.8, 4) is 5.75 Å². The summed E-state index contributed by atoms with van der Waals surface area (Å²) in [6.07, 6.45) is 0.757. The topological polar surface area (TPSA) is 29.5 Å². The Bertz CT molecular complexity index is 655. The first-order valence-corrected chi connectivity index (χ1v) is 8.49. The van der Waals surface area contributed by atoms with Crippen LogP contribution in [0.4, 0.5) is 0 Å². The lowest BCUT2D eigenvalue weighted by Crippen LogP contribution is -2.38. The largest absolute Gasteiger partial charge is 0.492 e. The summed E-state index contributed by atoms with van der Waals surface area (Å²) in [7, 11) is 1.86. The Labute approximate surface area is 136 Å². The molecule has 0 N–H and O–H groups in total. The molecule has 1 aliphatic rings. The van der Waals surface area contributed by atoms with Gasteiger partial charge in [0.1, 0.15) is 12.4 Å². The molecule has 0 fully saturated rings. The van der Waals surface area contributed by atoms with Crippen LogP contribution in [0.5, 0.6) is 5.75 Å². The fourth-order valence-corrected chi connectivity index (χ4v) is 3.78. The van der Waals surface area contributed by atoms with Crippen LogP contribution in [0.2, 0.25) is 0 Å². The number of fused-ring (bicyclic) bond motifs is 1. The number of hydrogen-bond acceptors (Lipinski definition) is 3. The number of carbonyl (C=O) groups excluding carboxylic acids is 1. The number of halogens is 1. The van der Waals surface area contributed by atoms with Crippen LogP contribution in [0.3, 0.4) is 0 Å². The van der Waals surface area contributed by atoms with E-state index in [1.807, 2.05) is 31.3 Å². The van der Waals surface area contributed by atoms with Gasteiger partial charge < -0.3 is 9.64 Å². The van der Waals surface area contributed by atoms with Gasteiger partial charge in [-0.1, -0.05) is 18.2 Å².